The molecule has 1 fully saturated rings. The smallest absolute Gasteiger partial charge is 0.233 e. The van der Waals surface area contributed by atoms with Gasteiger partial charge in [0.15, 0.2) is 5.16 Å². The number of nitrogens with one attached hydrogen (secondary N) is 1. The average Bonchev–Trinajstić information content (AvgIpc) is 3.39. The van der Waals surface area contributed by atoms with E-state index in [2.05, 4.69) is 44.3 Å². The second kappa shape index (κ2) is 6.83. The van der Waals surface area contributed by atoms with Crippen LogP contribution in [0.1, 0.15) is 61.6 Å². The van der Waals surface area contributed by atoms with E-state index in [1.54, 1.807) is 0 Å². The first-order chi connectivity index (χ1) is 12.1. The molecule has 0 saturated heterocycles. The number of carbonyl (C=O) groups excluding carboxylic acids is 1. The van der Waals surface area contributed by atoms with Gasteiger partial charge in [-0.1, -0.05) is 36.0 Å². The van der Waals surface area contributed by atoms with Gasteiger partial charge in [-0.3, -0.25) is 4.79 Å². The van der Waals surface area contributed by atoms with Crippen molar-refractivity contribution >= 4 is 17.7 Å². The van der Waals surface area contributed by atoms with Crippen molar-refractivity contribution in [3.8, 4) is 0 Å². The van der Waals surface area contributed by atoms with Crippen molar-refractivity contribution < 1.29 is 4.79 Å². The van der Waals surface area contributed by atoms with Gasteiger partial charge < -0.3 is 9.88 Å². The Bertz CT molecular complexity index is 783. The number of hydrogen-bond donors (Lipinski definition) is 1. The molecule has 0 spiro atoms. The number of carbonyl (C=O) groups is 1. The maximum atomic E-state index is 12.7. The van der Waals surface area contributed by atoms with Crippen LogP contribution in [-0.4, -0.2) is 25.9 Å². The monoisotopic (exact) mass is 356 g/mol. The third-order valence-corrected chi connectivity index (χ3v) is 6.14. The highest BCUT2D eigenvalue weighted by Crippen LogP contribution is 2.39. The molecule has 2 aliphatic carbocycles. The number of fused-ring (bicyclic) bond motifs is 1. The fraction of sp³-hybridized carbons (Fsp3) is 0.526. The molecule has 6 heteroatoms. The van der Waals surface area contributed by atoms with E-state index in [0.717, 1.165) is 30.2 Å². The van der Waals surface area contributed by atoms with Crippen molar-refractivity contribution in [1.82, 2.24) is 20.1 Å². The fourth-order valence-corrected chi connectivity index (χ4v) is 4.56. The standard InChI is InChI=1S/C19H24N4OS/c1-12(25-19-22-21-13(2)23(19)15-10-11-15)18(24)20-17-9-5-7-14-6-3-4-8-16(14)17/h3-4,6,8,12,15,17H,5,7,9-11H2,1-2H3,(H,20,24)/t12-,17+/m1/s1. The summed E-state index contributed by atoms with van der Waals surface area (Å²) in [6.45, 7) is 3.94. The van der Waals surface area contributed by atoms with Crippen LogP contribution in [0.25, 0.3) is 0 Å². The highest BCUT2D eigenvalue weighted by Gasteiger charge is 2.30. The van der Waals surface area contributed by atoms with Crippen molar-refractivity contribution in [2.75, 3.05) is 0 Å². The Kier molecular flexibility index (Phi) is 4.54. The first-order valence-electron chi connectivity index (χ1n) is 9.10. The second-order valence-corrected chi connectivity index (χ2v) is 8.35. The van der Waals surface area contributed by atoms with Crippen LogP contribution < -0.4 is 5.32 Å². The summed E-state index contributed by atoms with van der Waals surface area (Å²) in [4.78, 5) is 12.7. The van der Waals surface area contributed by atoms with Gasteiger partial charge >= 0.3 is 0 Å². The molecule has 0 unspecified atom stereocenters. The molecule has 0 aliphatic heterocycles. The fourth-order valence-electron chi connectivity index (χ4n) is 3.59. The van der Waals surface area contributed by atoms with E-state index in [1.807, 2.05) is 13.8 Å². The molecule has 2 aromatic rings. The molecule has 2 aliphatic rings. The lowest BCUT2D eigenvalue weighted by molar-refractivity contribution is -0.121. The Morgan fingerprint density at radius 1 is 1.28 bits per heavy atom. The van der Waals surface area contributed by atoms with Crippen molar-refractivity contribution in [1.29, 1.82) is 0 Å². The van der Waals surface area contributed by atoms with E-state index in [4.69, 9.17) is 0 Å². The first-order valence-corrected chi connectivity index (χ1v) is 9.98. The summed E-state index contributed by atoms with van der Waals surface area (Å²) in [5.41, 5.74) is 2.64. The van der Waals surface area contributed by atoms with Crippen LogP contribution >= 0.6 is 11.8 Å². The van der Waals surface area contributed by atoms with Crippen LogP contribution in [0.2, 0.25) is 0 Å². The largest absolute Gasteiger partial charge is 0.348 e. The Balaban J connectivity index is 1.43. The normalized spacial score (nSPS) is 20.8. The van der Waals surface area contributed by atoms with Crippen LogP contribution in [0.3, 0.4) is 0 Å². The molecule has 5 nitrogen and oxygen atoms in total. The third kappa shape index (κ3) is 3.45. The molecule has 1 heterocycles. The number of thioether (sulfide) groups is 1. The quantitative estimate of drug-likeness (QED) is 0.832. The van der Waals surface area contributed by atoms with Crippen molar-refractivity contribution in [3.63, 3.8) is 0 Å². The number of aromatic nitrogens is 3. The number of nitrogens with zero attached hydrogens (tertiary/aromatic N) is 3. The molecule has 0 bridgehead atoms. The van der Waals surface area contributed by atoms with Gasteiger partial charge in [-0.25, -0.2) is 0 Å². The Labute approximate surface area is 152 Å². The zero-order chi connectivity index (χ0) is 17.4. The highest BCUT2D eigenvalue weighted by molar-refractivity contribution is 8.00. The van der Waals surface area contributed by atoms with Gasteiger partial charge in [0.1, 0.15) is 5.82 Å². The Hall–Kier alpha value is -1.82. The SMILES string of the molecule is Cc1nnc(S[C@H](C)C(=O)N[C@H]2CCCc3ccccc32)n1C1CC1. The minimum Gasteiger partial charge on any atom is -0.348 e. The predicted octanol–water partition coefficient (Wildman–Crippen LogP) is 3.60. The summed E-state index contributed by atoms with van der Waals surface area (Å²) >= 11 is 1.51. The summed E-state index contributed by atoms with van der Waals surface area (Å²) in [6, 6.07) is 9.11. The lowest BCUT2D eigenvalue weighted by atomic mass is 9.88. The van der Waals surface area contributed by atoms with Crippen molar-refractivity contribution in [2.24, 2.45) is 0 Å². The average molecular weight is 356 g/mol. The molecular weight excluding hydrogens is 332 g/mol. The first kappa shape index (κ1) is 16.6. The zero-order valence-electron chi connectivity index (χ0n) is 14.7. The van der Waals surface area contributed by atoms with Crippen LogP contribution in [0, 0.1) is 6.92 Å². The summed E-state index contributed by atoms with van der Waals surface area (Å²) < 4.78 is 2.18. The van der Waals surface area contributed by atoms with E-state index < -0.39 is 0 Å². The lowest BCUT2D eigenvalue weighted by Gasteiger charge is -2.27. The van der Waals surface area contributed by atoms with Gasteiger partial charge in [0, 0.05) is 6.04 Å². The molecule has 1 aromatic carbocycles. The van der Waals surface area contributed by atoms with Gasteiger partial charge in [0.25, 0.3) is 0 Å². The Morgan fingerprint density at radius 2 is 2.08 bits per heavy atom. The minimum atomic E-state index is -0.185. The van der Waals surface area contributed by atoms with E-state index in [-0.39, 0.29) is 17.2 Å². The summed E-state index contributed by atoms with van der Waals surface area (Å²) in [5, 5.41) is 12.4. The number of rotatable bonds is 5. The van der Waals surface area contributed by atoms with Crippen LogP contribution in [0.5, 0.6) is 0 Å². The van der Waals surface area contributed by atoms with E-state index in [1.165, 1.54) is 35.7 Å². The highest BCUT2D eigenvalue weighted by atomic mass is 32.2. The van der Waals surface area contributed by atoms with Crippen LogP contribution in [-0.2, 0) is 11.2 Å². The summed E-state index contributed by atoms with van der Waals surface area (Å²) in [5.74, 6) is 1.02. The van der Waals surface area contributed by atoms with Gasteiger partial charge in [-0.2, -0.15) is 0 Å². The van der Waals surface area contributed by atoms with Gasteiger partial charge in [0.2, 0.25) is 5.91 Å². The topological polar surface area (TPSA) is 59.8 Å². The van der Waals surface area contributed by atoms with E-state index in [0.29, 0.717) is 6.04 Å². The van der Waals surface area contributed by atoms with E-state index in [9.17, 15) is 4.79 Å². The number of hydrogen-bond acceptors (Lipinski definition) is 4. The van der Waals surface area contributed by atoms with Crippen molar-refractivity contribution in [2.45, 2.75) is 68.4 Å². The number of aryl methyl sites for hydroxylation is 2. The predicted molar refractivity (Wildman–Crippen MR) is 98.6 cm³/mol. The maximum Gasteiger partial charge on any atom is 0.233 e. The molecule has 1 aromatic heterocycles. The van der Waals surface area contributed by atoms with Gasteiger partial charge in [0.05, 0.1) is 11.3 Å². The number of amides is 1. The molecule has 25 heavy (non-hydrogen) atoms. The lowest BCUT2D eigenvalue weighted by Crippen LogP contribution is -2.36. The molecule has 1 saturated carbocycles. The molecule has 1 N–H and O–H groups in total. The Morgan fingerprint density at radius 3 is 2.88 bits per heavy atom. The van der Waals surface area contributed by atoms with Crippen LogP contribution in [0.4, 0.5) is 0 Å². The van der Waals surface area contributed by atoms with Gasteiger partial charge in [-0.15, -0.1) is 10.2 Å². The summed E-state index contributed by atoms with van der Waals surface area (Å²) in [6.07, 6.45) is 5.62. The van der Waals surface area contributed by atoms with Crippen LogP contribution in [0.15, 0.2) is 29.4 Å². The minimum absolute atomic E-state index is 0.0784. The molecule has 1 amide bonds. The third-order valence-electron chi connectivity index (χ3n) is 5.08. The molecule has 4 rings (SSSR count). The second-order valence-electron chi connectivity index (χ2n) is 7.04. The molecule has 132 valence electrons. The molecule has 0 radical (unpaired) electrons. The van der Waals surface area contributed by atoms with Crippen molar-refractivity contribution in [3.05, 3.63) is 41.2 Å². The number of benzene rings is 1. The van der Waals surface area contributed by atoms with E-state index >= 15 is 0 Å². The zero-order valence-corrected chi connectivity index (χ0v) is 15.6. The molecule has 2 atom stereocenters. The summed E-state index contributed by atoms with van der Waals surface area (Å²) in [7, 11) is 0. The maximum absolute atomic E-state index is 12.7. The molecular formula is C19H24N4OS. The van der Waals surface area contributed by atoms with Gasteiger partial charge in [-0.05, 0) is 57.1 Å².